The molecule has 0 spiro atoms. The number of rotatable bonds is 3. The van der Waals surface area contributed by atoms with Crippen LogP contribution in [0.15, 0.2) is 34.9 Å². The lowest BCUT2D eigenvalue weighted by atomic mass is 10.1. The summed E-state index contributed by atoms with van der Waals surface area (Å²) in [6.45, 7) is 1.69. The fraction of sp³-hybridized carbons (Fsp3) is 0.143. The molecule has 2 N–H and O–H groups in total. The maximum atomic E-state index is 12.1. The van der Waals surface area contributed by atoms with E-state index in [1.807, 2.05) is 0 Å². The van der Waals surface area contributed by atoms with Crippen LogP contribution in [-0.2, 0) is 7.05 Å². The van der Waals surface area contributed by atoms with Gasteiger partial charge in [0.2, 0.25) is 0 Å². The van der Waals surface area contributed by atoms with Gasteiger partial charge in [0.25, 0.3) is 5.91 Å². The van der Waals surface area contributed by atoms with Gasteiger partial charge in [-0.05, 0) is 52.7 Å². The fourth-order valence-corrected chi connectivity index (χ4v) is 2.45. The molecule has 1 heterocycles. The Balaban J connectivity index is 2.22. The predicted octanol–water partition coefficient (Wildman–Crippen LogP) is 3.05. The van der Waals surface area contributed by atoms with Crippen molar-refractivity contribution in [2.45, 2.75) is 6.92 Å². The van der Waals surface area contributed by atoms with Crippen LogP contribution >= 0.6 is 15.9 Å². The van der Waals surface area contributed by atoms with Crippen LogP contribution in [0.5, 0.6) is 0 Å². The number of aryl methyl sites for hydroxylation is 2. The third-order valence-corrected chi connectivity index (χ3v) is 3.35. The molecule has 0 saturated heterocycles. The molecule has 1 aromatic carbocycles. The standard InChI is InChI=1S/C14H13BrN2O3/c1-8-5-10(3-4-11(8)14(19)20)16-13(18)12-6-9(15)7-17(12)2/h3-7H,1-2H3,(H,16,18)(H,19,20). The van der Waals surface area contributed by atoms with Crippen molar-refractivity contribution in [1.29, 1.82) is 0 Å². The maximum absolute atomic E-state index is 12.1. The number of anilines is 1. The Bertz CT molecular complexity index is 692. The van der Waals surface area contributed by atoms with E-state index in [4.69, 9.17) is 5.11 Å². The average Bonchev–Trinajstić information content (AvgIpc) is 2.68. The van der Waals surface area contributed by atoms with Crippen molar-refractivity contribution in [2.24, 2.45) is 7.05 Å². The number of carbonyl (C=O) groups excluding carboxylic acids is 1. The first-order valence-corrected chi connectivity index (χ1v) is 6.65. The lowest BCUT2D eigenvalue weighted by molar-refractivity contribution is 0.0696. The second kappa shape index (κ2) is 5.50. The number of aromatic carboxylic acids is 1. The van der Waals surface area contributed by atoms with E-state index in [1.165, 1.54) is 6.07 Å². The quantitative estimate of drug-likeness (QED) is 0.904. The van der Waals surface area contributed by atoms with Gasteiger partial charge in [-0.15, -0.1) is 0 Å². The third-order valence-electron chi connectivity index (χ3n) is 2.92. The molecule has 0 atom stereocenters. The molecule has 5 nitrogen and oxygen atoms in total. The van der Waals surface area contributed by atoms with E-state index in [-0.39, 0.29) is 11.5 Å². The maximum Gasteiger partial charge on any atom is 0.335 e. The van der Waals surface area contributed by atoms with Gasteiger partial charge in [-0.2, -0.15) is 0 Å². The highest BCUT2D eigenvalue weighted by atomic mass is 79.9. The molecule has 0 fully saturated rings. The Morgan fingerprint density at radius 2 is 2.00 bits per heavy atom. The van der Waals surface area contributed by atoms with Crippen molar-refractivity contribution < 1.29 is 14.7 Å². The molecule has 2 aromatic rings. The van der Waals surface area contributed by atoms with Crippen molar-refractivity contribution in [1.82, 2.24) is 4.57 Å². The van der Waals surface area contributed by atoms with Gasteiger partial charge in [0.05, 0.1) is 5.56 Å². The monoisotopic (exact) mass is 336 g/mol. The summed E-state index contributed by atoms with van der Waals surface area (Å²) in [6.07, 6.45) is 1.79. The van der Waals surface area contributed by atoms with Crippen LogP contribution in [0, 0.1) is 6.92 Å². The molecule has 1 amide bonds. The van der Waals surface area contributed by atoms with E-state index in [1.54, 1.807) is 42.9 Å². The summed E-state index contributed by atoms with van der Waals surface area (Å²) in [5.41, 5.74) is 1.90. The van der Waals surface area contributed by atoms with Crippen molar-refractivity contribution in [3.8, 4) is 0 Å². The summed E-state index contributed by atoms with van der Waals surface area (Å²) in [6, 6.07) is 6.41. The number of carboxylic acids is 1. The first-order valence-electron chi connectivity index (χ1n) is 5.85. The van der Waals surface area contributed by atoms with Crippen LogP contribution in [-0.4, -0.2) is 21.6 Å². The van der Waals surface area contributed by atoms with Gasteiger partial charge in [-0.3, -0.25) is 4.79 Å². The second-order valence-electron chi connectivity index (χ2n) is 4.44. The second-order valence-corrected chi connectivity index (χ2v) is 5.36. The number of hydrogen-bond donors (Lipinski definition) is 2. The van der Waals surface area contributed by atoms with Gasteiger partial charge < -0.3 is 15.0 Å². The molecule has 6 heteroatoms. The number of nitrogens with one attached hydrogen (secondary N) is 1. The number of benzene rings is 1. The van der Waals surface area contributed by atoms with E-state index in [0.717, 1.165) is 4.47 Å². The van der Waals surface area contributed by atoms with Crippen molar-refractivity contribution in [3.63, 3.8) is 0 Å². The van der Waals surface area contributed by atoms with Crippen LogP contribution in [0.4, 0.5) is 5.69 Å². The molecule has 0 bridgehead atoms. The number of amides is 1. The van der Waals surface area contributed by atoms with E-state index in [2.05, 4.69) is 21.2 Å². The Labute approximate surface area is 124 Å². The SMILES string of the molecule is Cc1cc(NC(=O)c2cc(Br)cn2C)ccc1C(=O)O. The highest BCUT2D eigenvalue weighted by molar-refractivity contribution is 9.10. The molecule has 0 radical (unpaired) electrons. The summed E-state index contributed by atoms with van der Waals surface area (Å²) in [5.74, 6) is -1.23. The highest BCUT2D eigenvalue weighted by Crippen LogP contribution is 2.18. The Morgan fingerprint density at radius 3 is 2.50 bits per heavy atom. The Hall–Kier alpha value is -2.08. The zero-order chi connectivity index (χ0) is 14.9. The third kappa shape index (κ3) is 2.91. The molecule has 104 valence electrons. The molecular weight excluding hydrogens is 324 g/mol. The zero-order valence-electron chi connectivity index (χ0n) is 11.0. The average molecular weight is 337 g/mol. The molecule has 0 aliphatic rings. The Kier molecular flexibility index (Phi) is 3.94. The lowest BCUT2D eigenvalue weighted by Gasteiger charge is -2.08. The first kappa shape index (κ1) is 14.3. The van der Waals surface area contributed by atoms with E-state index in [0.29, 0.717) is 16.9 Å². The molecule has 0 aliphatic heterocycles. The molecule has 0 unspecified atom stereocenters. The van der Waals surface area contributed by atoms with Crippen molar-refractivity contribution >= 4 is 33.5 Å². The number of halogens is 1. The lowest BCUT2D eigenvalue weighted by Crippen LogP contribution is -2.15. The van der Waals surface area contributed by atoms with Gasteiger partial charge in [0.1, 0.15) is 5.69 Å². The minimum absolute atomic E-state index is 0.226. The largest absolute Gasteiger partial charge is 0.478 e. The van der Waals surface area contributed by atoms with Gasteiger partial charge in [-0.1, -0.05) is 0 Å². The van der Waals surface area contributed by atoms with Gasteiger partial charge in [0, 0.05) is 23.4 Å². The molecule has 1 aromatic heterocycles. The van der Waals surface area contributed by atoms with Gasteiger partial charge in [0.15, 0.2) is 0 Å². The summed E-state index contributed by atoms with van der Waals surface area (Å²) >= 11 is 3.31. The minimum Gasteiger partial charge on any atom is -0.478 e. The minimum atomic E-state index is -0.980. The van der Waals surface area contributed by atoms with E-state index >= 15 is 0 Å². The summed E-state index contributed by atoms with van der Waals surface area (Å²) in [4.78, 5) is 23.0. The molecule has 0 saturated carbocycles. The number of nitrogens with zero attached hydrogens (tertiary/aromatic N) is 1. The van der Waals surface area contributed by atoms with E-state index < -0.39 is 5.97 Å². The molecular formula is C14H13BrN2O3. The van der Waals surface area contributed by atoms with Crippen LogP contribution in [0.3, 0.4) is 0 Å². The number of carbonyl (C=O) groups is 2. The highest BCUT2D eigenvalue weighted by Gasteiger charge is 2.13. The normalized spacial score (nSPS) is 10.3. The fourth-order valence-electron chi connectivity index (χ4n) is 1.93. The number of aromatic nitrogens is 1. The topological polar surface area (TPSA) is 71.3 Å². The summed E-state index contributed by atoms with van der Waals surface area (Å²) < 4.78 is 2.53. The van der Waals surface area contributed by atoms with Crippen molar-refractivity contribution in [3.05, 3.63) is 51.8 Å². The molecule has 2 rings (SSSR count). The summed E-state index contributed by atoms with van der Waals surface area (Å²) in [7, 11) is 1.78. The zero-order valence-corrected chi connectivity index (χ0v) is 12.6. The predicted molar refractivity (Wildman–Crippen MR) is 79.2 cm³/mol. The summed E-state index contributed by atoms with van der Waals surface area (Å²) in [5, 5.41) is 11.7. The van der Waals surface area contributed by atoms with Crippen LogP contribution in [0.2, 0.25) is 0 Å². The Morgan fingerprint density at radius 1 is 1.30 bits per heavy atom. The molecule has 0 aliphatic carbocycles. The van der Waals surface area contributed by atoms with E-state index in [9.17, 15) is 9.59 Å². The number of carboxylic acid groups (broad SMARTS) is 1. The molecule has 20 heavy (non-hydrogen) atoms. The first-order chi connectivity index (χ1) is 9.38. The van der Waals surface area contributed by atoms with Gasteiger partial charge in [-0.25, -0.2) is 4.79 Å². The number of hydrogen-bond acceptors (Lipinski definition) is 2. The van der Waals surface area contributed by atoms with Gasteiger partial charge >= 0.3 is 5.97 Å². The van der Waals surface area contributed by atoms with Crippen LogP contribution < -0.4 is 5.32 Å². The van der Waals surface area contributed by atoms with Crippen LogP contribution in [0.25, 0.3) is 0 Å². The van der Waals surface area contributed by atoms with Crippen LogP contribution in [0.1, 0.15) is 26.4 Å². The van der Waals surface area contributed by atoms with Crippen molar-refractivity contribution in [2.75, 3.05) is 5.32 Å². The smallest absolute Gasteiger partial charge is 0.335 e.